The maximum Gasteiger partial charge on any atom is 0.407 e. The van der Waals surface area contributed by atoms with Crippen molar-refractivity contribution in [3.05, 3.63) is 35.9 Å². The highest BCUT2D eigenvalue weighted by Gasteiger charge is 2.41. The number of rotatable bonds is 4. The summed E-state index contributed by atoms with van der Waals surface area (Å²) in [5.74, 6) is -0.333. The minimum Gasteiger partial charge on any atom is -0.341 e. The van der Waals surface area contributed by atoms with Gasteiger partial charge in [0.1, 0.15) is 6.04 Å². The van der Waals surface area contributed by atoms with Gasteiger partial charge in [0.25, 0.3) is 0 Å². The number of likely N-dealkylation sites (tertiary alicyclic amines) is 1. The van der Waals surface area contributed by atoms with Gasteiger partial charge in [-0.1, -0.05) is 44.2 Å². The molecule has 1 heterocycles. The van der Waals surface area contributed by atoms with Crippen LogP contribution in [0.4, 0.5) is 13.2 Å². The fourth-order valence-electron chi connectivity index (χ4n) is 2.96. The van der Waals surface area contributed by atoms with E-state index in [0.29, 0.717) is 19.5 Å². The van der Waals surface area contributed by atoms with Crippen LogP contribution >= 0.6 is 0 Å². The number of carbonyl (C=O) groups excluding carboxylic acids is 1. The molecule has 1 fully saturated rings. The zero-order valence-corrected chi connectivity index (χ0v) is 13.9. The lowest BCUT2D eigenvalue weighted by Crippen LogP contribution is -2.55. The first-order chi connectivity index (χ1) is 11.1. The van der Waals surface area contributed by atoms with Crippen LogP contribution < -0.4 is 11.1 Å². The van der Waals surface area contributed by atoms with Crippen LogP contribution in [0.3, 0.4) is 0 Å². The molecule has 1 aliphatic rings. The average Bonchev–Trinajstić information content (AvgIpc) is 2.49. The number of carbonyl (C=O) groups is 1. The summed E-state index contributed by atoms with van der Waals surface area (Å²) in [6.07, 6.45) is -3.81. The standard InChI is InChI=1S/C17H24F3N3O/c1-16(2)11-23(9-8-13(16)21)14(24)10-22-15(17(18,19)20)12-6-4-3-5-7-12/h3-7,13,15,22H,8-11,21H2,1-2H3. The molecule has 0 bridgehead atoms. The molecule has 1 amide bonds. The Kier molecular flexibility index (Phi) is 5.55. The smallest absolute Gasteiger partial charge is 0.341 e. The summed E-state index contributed by atoms with van der Waals surface area (Å²) in [5.41, 5.74) is 5.88. The molecule has 0 aliphatic carbocycles. The van der Waals surface area contributed by atoms with Gasteiger partial charge in [-0.3, -0.25) is 10.1 Å². The van der Waals surface area contributed by atoms with Crippen molar-refractivity contribution in [2.45, 2.75) is 38.5 Å². The molecule has 0 aromatic heterocycles. The maximum absolute atomic E-state index is 13.3. The Bertz CT molecular complexity index is 560. The van der Waals surface area contributed by atoms with E-state index < -0.39 is 12.2 Å². The van der Waals surface area contributed by atoms with Gasteiger partial charge in [-0.05, 0) is 17.4 Å². The van der Waals surface area contributed by atoms with Crippen LogP contribution in [0.5, 0.6) is 0 Å². The van der Waals surface area contributed by atoms with Crippen molar-refractivity contribution < 1.29 is 18.0 Å². The Balaban J connectivity index is 2.01. The third-order valence-corrected chi connectivity index (χ3v) is 4.58. The van der Waals surface area contributed by atoms with Crippen LogP contribution in [-0.4, -0.2) is 42.7 Å². The summed E-state index contributed by atoms with van der Waals surface area (Å²) >= 11 is 0. The second kappa shape index (κ2) is 7.11. The molecule has 2 rings (SSSR count). The SMILES string of the molecule is CC1(C)CN(C(=O)CNC(c2ccccc2)C(F)(F)F)CCC1N. The molecule has 3 N–H and O–H groups in total. The Morgan fingerprint density at radius 1 is 1.38 bits per heavy atom. The third kappa shape index (κ3) is 4.48. The van der Waals surface area contributed by atoms with Crippen molar-refractivity contribution in [1.82, 2.24) is 10.2 Å². The van der Waals surface area contributed by atoms with Crippen LogP contribution in [0.2, 0.25) is 0 Å². The van der Waals surface area contributed by atoms with Gasteiger partial charge in [-0.2, -0.15) is 13.2 Å². The van der Waals surface area contributed by atoms with Gasteiger partial charge in [0, 0.05) is 19.1 Å². The molecule has 1 aromatic rings. The van der Waals surface area contributed by atoms with E-state index in [1.54, 1.807) is 23.1 Å². The van der Waals surface area contributed by atoms with E-state index >= 15 is 0 Å². The average molecular weight is 343 g/mol. The number of amides is 1. The molecular weight excluding hydrogens is 319 g/mol. The minimum absolute atomic E-state index is 0.0123. The second-order valence-electron chi connectivity index (χ2n) is 6.97. The predicted octanol–water partition coefficient (Wildman–Crippen LogP) is 2.47. The number of hydrogen-bond donors (Lipinski definition) is 2. The van der Waals surface area contributed by atoms with E-state index in [4.69, 9.17) is 5.73 Å². The van der Waals surface area contributed by atoms with Crippen LogP contribution in [0, 0.1) is 5.41 Å². The second-order valence-corrected chi connectivity index (χ2v) is 6.97. The zero-order chi connectivity index (χ0) is 18.0. The molecular formula is C17H24F3N3O. The van der Waals surface area contributed by atoms with Gasteiger partial charge in [-0.25, -0.2) is 0 Å². The molecule has 7 heteroatoms. The fourth-order valence-corrected chi connectivity index (χ4v) is 2.96. The Morgan fingerprint density at radius 3 is 2.54 bits per heavy atom. The number of hydrogen-bond acceptors (Lipinski definition) is 3. The van der Waals surface area contributed by atoms with E-state index in [1.807, 2.05) is 13.8 Å². The van der Waals surface area contributed by atoms with Gasteiger partial charge in [0.15, 0.2) is 0 Å². The highest BCUT2D eigenvalue weighted by atomic mass is 19.4. The minimum atomic E-state index is -4.47. The normalized spacial score (nSPS) is 22.2. The number of halogens is 3. The monoisotopic (exact) mass is 343 g/mol. The molecule has 24 heavy (non-hydrogen) atoms. The van der Waals surface area contributed by atoms with Crippen LogP contribution in [0.15, 0.2) is 30.3 Å². The van der Waals surface area contributed by atoms with Crippen LogP contribution in [-0.2, 0) is 4.79 Å². The van der Waals surface area contributed by atoms with Gasteiger partial charge in [0.05, 0.1) is 6.54 Å². The summed E-state index contributed by atoms with van der Waals surface area (Å²) < 4.78 is 39.8. The molecule has 1 saturated heterocycles. The molecule has 2 atom stereocenters. The van der Waals surface area contributed by atoms with E-state index in [-0.39, 0.29) is 29.5 Å². The number of nitrogens with zero attached hydrogens (tertiary/aromatic N) is 1. The summed E-state index contributed by atoms with van der Waals surface area (Å²) in [6, 6.07) is 5.68. The van der Waals surface area contributed by atoms with Gasteiger partial charge < -0.3 is 10.6 Å². The summed E-state index contributed by atoms with van der Waals surface area (Å²) in [6.45, 7) is 4.51. The first-order valence-electron chi connectivity index (χ1n) is 7.99. The molecule has 1 aromatic carbocycles. The van der Waals surface area contributed by atoms with Crippen molar-refractivity contribution >= 4 is 5.91 Å². The van der Waals surface area contributed by atoms with Gasteiger partial charge in [-0.15, -0.1) is 0 Å². The van der Waals surface area contributed by atoms with Crippen molar-refractivity contribution in [2.75, 3.05) is 19.6 Å². The Morgan fingerprint density at radius 2 is 2.00 bits per heavy atom. The molecule has 4 nitrogen and oxygen atoms in total. The molecule has 0 radical (unpaired) electrons. The molecule has 0 saturated carbocycles. The lowest BCUT2D eigenvalue weighted by atomic mass is 9.79. The van der Waals surface area contributed by atoms with Crippen LogP contribution in [0.1, 0.15) is 31.9 Å². The first-order valence-corrected chi connectivity index (χ1v) is 7.99. The van der Waals surface area contributed by atoms with Gasteiger partial charge in [0.2, 0.25) is 5.91 Å². The Hall–Kier alpha value is -1.60. The van der Waals surface area contributed by atoms with Crippen molar-refractivity contribution in [1.29, 1.82) is 0 Å². The number of piperidine rings is 1. The highest BCUT2D eigenvalue weighted by molar-refractivity contribution is 5.78. The molecule has 0 spiro atoms. The molecule has 1 aliphatic heterocycles. The summed E-state index contributed by atoms with van der Waals surface area (Å²) in [4.78, 5) is 13.9. The maximum atomic E-state index is 13.3. The first kappa shape index (κ1) is 18.7. The summed E-state index contributed by atoms with van der Waals surface area (Å²) in [7, 11) is 0. The van der Waals surface area contributed by atoms with Crippen molar-refractivity contribution in [3.8, 4) is 0 Å². The molecule has 2 unspecified atom stereocenters. The number of nitrogens with two attached hydrogens (primary N) is 1. The Labute approximate surface area is 140 Å². The quantitative estimate of drug-likeness (QED) is 0.883. The van der Waals surface area contributed by atoms with E-state index in [1.165, 1.54) is 12.1 Å². The topological polar surface area (TPSA) is 58.4 Å². The van der Waals surface area contributed by atoms with E-state index in [0.717, 1.165) is 0 Å². The number of nitrogens with one attached hydrogen (secondary N) is 1. The number of alkyl halides is 3. The lowest BCUT2D eigenvalue weighted by molar-refractivity contribution is -0.159. The lowest BCUT2D eigenvalue weighted by Gasteiger charge is -2.42. The van der Waals surface area contributed by atoms with E-state index in [9.17, 15) is 18.0 Å². The highest BCUT2D eigenvalue weighted by Crippen LogP contribution is 2.32. The zero-order valence-electron chi connectivity index (χ0n) is 13.9. The van der Waals surface area contributed by atoms with Crippen LogP contribution in [0.25, 0.3) is 0 Å². The van der Waals surface area contributed by atoms with Crippen molar-refractivity contribution in [2.24, 2.45) is 11.1 Å². The molecule has 134 valence electrons. The fraction of sp³-hybridized carbons (Fsp3) is 0.588. The largest absolute Gasteiger partial charge is 0.407 e. The van der Waals surface area contributed by atoms with Crippen molar-refractivity contribution in [3.63, 3.8) is 0 Å². The number of benzene rings is 1. The van der Waals surface area contributed by atoms with E-state index in [2.05, 4.69) is 5.32 Å². The van der Waals surface area contributed by atoms with Gasteiger partial charge >= 0.3 is 6.18 Å². The predicted molar refractivity (Wildman–Crippen MR) is 86.2 cm³/mol. The third-order valence-electron chi connectivity index (χ3n) is 4.58. The summed E-state index contributed by atoms with van der Waals surface area (Å²) in [5, 5.41) is 2.36.